The minimum absolute atomic E-state index is 0.00148. The minimum atomic E-state index is -0.127. The third kappa shape index (κ3) is 3.56. The zero-order valence-electron chi connectivity index (χ0n) is 25.8. The Labute approximate surface area is 248 Å². The highest BCUT2D eigenvalue weighted by molar-refractivity contribution is 6.10. The number of fused-ring (bicyclic) bond motifs is 7. The first-order valence-electron chi connectivity index (χ1n) is 15.3. The number of para-hydroxylation sites is 2. The van der Waals surface area contributed by atoms with Crippen molar-refractivity contribution in [3.05, 3.63) is 132 Å². The molecule has 206 valence electrons. The second-order valence-electron chi connectivity index (χ2n) is 12.8. The van der Waals surface area contributed by atoms with Crippen molar-refractivity contribution < 1.29 is 10.7 Å². The van der Waals surface area contributed by atoms with E-state index in [1.165, 1.54) is 38.7 Å². The van der Waals surface area contributed by atoms with E-state index in [-0.39, 0.29) is 17.4 Å². The molecule has 0 amide bonds. The van der Waals surface area contributed by atoms with E-state index in [0.717, 1.165) is 33.2 Å². The first-order valence-corrected chi connectivity index (χ1v) is 14.8. The van der Waals surface area contributed by atoms with E-state index in [0.29, 0.717) is 6.04 Å². The van der Waals surface area contributed by atoms with Crippen LogP contribution >= 0.6 is 0 Å². The van der Waals surface area contributed by atoms with Gasteiger partial charge in [-0.25, -0.2) is 4.58 Å². The summed E-state index contributed by atoms with van der Waals surface area (Å²) >= 11 is 0. The third-order valence-electron chi connectivity index (χ3n) is 9.25. The minimum Gasteiger partial charge on any atom is -0.478 e. The van der Waals surface area contributed by atoms with Crippen molar-refractivity contribution in [2.45, 2.75) is 45.1 Å². The quantitative estimate of drug-likeness (QED) is 0.197. The number of rotatable bonds is 2. The summed E-state index contributed by atoms with van der Waals surface area (Å²) in [5, 5.41) is 4.89. The van der Waals surface area contributed by atoms with Crippen molar-refractivity contribution in [1.82, 2.24) is 4.57 Å². The van der Waals surface area contributed by atoms with Gasteiger partial charge in [0.25, 0.3) is 0 Å². The predicted octanol–water partition coefficient (Wildman–Crippen LogP) is 9.05. The molecule has 0 aliphatic carbocycles. The Morgan fingerprint density at radius 3 is 2.29 bits per heavy atom. The van der Waals surface area contributed by atoms with Gasteiger partial charge in [0, 0.05) is 27.6 Å². The maximum absolute atomic E-state index is 8.80. The fourth-order valence-electron chi connectivity index (χ4n) is 7.21. The average Bonchev–Trinajstić information content (AvgIpc) is 3.53. The van der Waals surface area contributed by atoms with Crippen LogP contribution < -0.4 is 4.74 Å². The summed E-state index contributed by atoms with van der Waals surface area (Å²) in [5.41, 5.74) is 9.38. The number of hydrogen-bond acceptors (Lipinski definition) is 1. The molecule has 0 bridgehead atoms. The van der Waals surface area contributed by atoms with Gasteiger partial charge in [-0.3, -0.25) is 0 Å². The molecule has 2 aliphatic heterocycles. The maximum atomic E-state index is 8.80. The zero-order chi connectivity index (χ0) is 29.6. The molecular formula is C39H35N2O+. The highest BCUT2D eigenvalue weighted by Crippen LogP contribution is 2.45. The van der Waals surface area contributed by atoms with Crippen LogP contribution in [-0.2, 0) is 5.41 Å². The van der Waals surface area contributed by atoms with E-state index in [1.54, 1.807) is 0 Å². The van der Waals surface area contributed by atoms with Crippen LogP contribution in [0.4, 0.5) is 0 Å². The van der Waals surface area contributed by atoms with Gasteiger partial charge >= 0.3 is 0 Å². The normalized spacial score (nSPS) is 18.5. The van der Waals surface area contributed by atoms with Crippen LogP contribution in [0.5, 0.6) is 5.75 Å². The van der Waals surface area contributed by atoms with Crippen LogP contribution in [0.3, 0.4) is 0 Å². The summed E-state index contributed by atoms with van der Waals surface area (Å²) in [4.78, 5) is 0. The lowest BCUT2D eigenvalue weighted by Gasteiger charge is -2.26. The lowest BCUT2D eigenvalue weighted by molar-refractivity contribution is -0.427. The molecule has 1 aromatic heterocycles. The van der Waals surface area contributed by atoms with Crippen LogP contribution in [-0.4, -0.2) is 28.0 Å². The molecule has 3 heteroatoms. The largest absolute Gasteiger partial charge is 0.478 e. The highest BCUT2D eigenvalue weighted by atomic mass is 16.5. The van der Waals surface area contributed by atoms with Gasteiger partial charge in [0.15, 0.2) is 12.3 Å². The molecule has 0 spiro atoms. The molecule has 3 heterocycles. The Kier molecular flexibility index (Phi) is 5.11. The molecule has 0 radical (unpaired) electrons. The molecule has 0 fully saturated rings. The fourth-order valence-corrected chi connectivity index (χ4v) is 7.21. The van der Waals surface area contributed by atoms with E-state index >= 15 is 0 Å². The molecule has 0 saturated carbocycles. The Morgan fingerprint density at radius 2 is 1.50 bits per heavy atom. The molecule has 0 N–H and O–H groups in total. The van der Waals surface area contributed by atoms with Crippen LogP contribution in [0.25, 0.3) is 38.3 Å². The molecule has 2 atom stereocenters. The van der Waals surface area contributed by atoms with Crippen LogP contribution in [0.2, 0.25) is 0 Å². The Bertz CT molecular complexity index is 2190. The van der Waals surface area contributed by atoms with Gasteiger partial charge < -0.3 is 9.30 Å². The van der Waals surface area contributed by atoms with E-state index in [4.69, 9.17) is 6.11 Å². The van der Waals surface area contributed by atoms with E-state index < -0.39 is 0 Å². The summed E-state index contributed by atoms with van der Waals surface area (Å²) in [6.45, 7) is 9.14. The molecule has 2 aliphatic rings. The second-order valence-corrected chi connectivity index (χ2v) is 12.8. The van der Waals surface area contributed by atoms with Crippen molar-refractivity contribution >= 4 is 38.3 Å². The molecule has 2 unspecified atom stereocenters. The highest BCUT2D eigenvalue weighted by Gasteiger charge is 2.44. The zero-order valence-corrected chi connectivity index (χ0v) is 24.8. The SMILES string of the molecule is [2H]c1cccc2c3ccccc3n(-c3ccc4c(c3)C3C=C[N+](C)=C(c5cc(C(C)(C)C)c6ccccc6c5C)C3O4)c12. The molecule has 3 nitrogen and oxygen atoms in total. The summed E-state index contributed by atoms with van der Waals surface area (Å²) in [6, 6.07) is 32.7. The van der Waals surface area contributed by atoms with Gasteiger partial charge in [-0.15, -0.1) is 0 Å². The Balaban J connectivity index is 1.29. The summed E-state index contributed by atoms with van der Waals surface area (Å²) in [6.07, 6.45) is 4.36. The fraction of sp³-hybridized carbons (Fsp3) is 0.205. The van der Waals surface area contributed by atoms with Crippen molar-refractivity contribution in [3.8, 4) is 11.4 Å². The van der Waals surface area contributed by atoms with Crippen molar-refractivity contribution in [3.63, 3.8) is 0 Å². The van der Waals surface area contributed by atoms with Crippen LogP contribution in [0, 0.1) is 6.92 Å². The van der Waals surface area contributed by atoms with Crippen molar-refractivity contribution in [2.75, 3.05) is 7.05 Å². The summed E-state index contributed by atoms with van der Waals surface area (Å²) < 4.78 is 20.1. The maximum Gasteiger partial charge on any atom is 0.230 e. The van der Waals surface area contributed by atoms with E-state index in [2.05, 4.69) is 135 Å². The topological polar surface area (TPSA) is 17.2 Å². The second kappa shape index (κ2) is 8.93. The Hall–Kier alpha value is -4.63. The van der Waals surface area contributed by atoms with Crippen molar-refractivity contribution in [1.29, 1.82) is 0 Å². The molecule has 0 saturated heterocycles. The predicted molar refractivity (Wildman–Crippen MR) is 175 cm³/mol. The lowest BCUT2D eigenvalue weighted by Crippen LogP contribution is -2.38. The summed E-state index contributed by atoms with van der Waals surface area (Å²) in [7, 11) is 2.14. The van der Waals surface area contributed by atoms with Crippen LogP contribution in [0.1, 0.15) is 50.3 Å². The molecule has 5 aromatic carbocycles. The Morgan fingerprint density at radius 1 is 0.810 bits per heavy atom. The number of hydrogen-bond donors (Lipinski definition) is 0. The van der Waals surface area contributed by atoms with Crippen molar-refractivity contribution in [2.24, 2.45) is 0 Å². The standard InChI is InChI=1S/C39H35N2O/c1-24-26-12-6-7-13-27(26)33(39(2,3)4)23-31(24)37-38-30(20-21-40(37)5)32-22-25(18-19-36(32)42-38)41-34-16-10-8-14-28(34)29-15-9-11-17-35(29)41/h6-23,30,38H,1-5H3/q+1/i16D. The van der Waals surface area contributed by atoms with Gasteiger partial charge in [-0.1, -0.05) is 81.4 Å². The van der Waals surface area contributed by atoms with Gasteiger partial charge in [-0.05, 0) is 76.7 Å². The first-order chi connectivity index (χ1) is 20.7. The van der Waals surface area contributed by atoms with Gasteiger partial charge in [0.1, 0.15) is 12.8 Å². The molecule has 42 heavy (non-hydrogen) atoms. The number of aromatic nitrogens is 1. The number of ether oxygens (including phenoxy) is 1. The van der Waals surface area contributed by atoms with Gasteiger partial charge in [0.05, 0.1) is 18.3 Å². The molecule has 8 rings (SSSR count). The lowest BCUT2D eigenvalue weighted by atomic mass is 9.79. The summed E-state index contributed by atoms with van der Waals surface area (Å²) in [5.74, 6) is 1.02. The monoisotopic (exact) mass is 548 g/mol. The number of benzene rings is 5. The average molecular weight is 549 g/mol. The van der Waals surface area contributed by atoms with E-state index in [9.17, 15) is 0 Å². The number of aryl methyl sites for hydroxylation is 1. The van der Waals surface area contributed by atoms with E-state index in [1.807, 2.05) is 12.1 Å². The molecular weight excluding hydrogens is 512 g/mol. The van der Waals surface area contributed by atoms with Gasteiger partial charge in [-0.2, -0.15) is 0 Å². The first kappa shape index (κ1) is 24.0. The van der Waals surface area contributed by atoms with Crippen LogP contribution in [0.15, 0.2) is 109 Å². The van der Waals surface area contributed by atoms with Gasteiger partial charge in [0.2, 0.25) is 5.71 Å². The number of nitrogens with zero attached hydrogens (tertiary/aromatic N) is 2. The smallest absolute Gasteiger partial charge is 0.230 e. The third-order valence-corrected chi connectivity index (χ3v) is 9.25. The molecule has 6 aromatic rings.